The Morgan fingerprint density at radius 3 is 2.80 bits per heavy atom. The molecule has 0 fully saturated rings. The lowest BCUT2D eigenvalue weighted by molar-refractivity contribution is 0.134. The van der Waals surface area contributed by atoms with Crippen LogP contribution in [0.4, 0.5) is 0 Å². The molecule has 2 aromatic rings. The summed E-state index contributed by atoms with van der Waals surface area (Å²) < 4.78 is 7.68. The monoisotopic (exact) mass is 335 g/mol. The lowest BCUT2D eigenvalue weighted by atomic mass is 10.1. The van der Waals surface area contributed by atoms with Gasteiger partial charge in [0.25, 0.3) is 0 Å². The van der Waals surface area contributed by atoms with Crippen molar-refractivity contribution in [3.8, 4) is 11.4 Å². The Labute approximate surface area is 127 Å². The smallest absolute Gasteiger partial charge is 0.164 e. The number of benzene rings is 1. The highest BCUT2D eigenvalue weighted by Crippen LogP contribution is 2.27. The molecular formula is C15H18BrN3O. The van der Waals surface area contributed by atoms with E-state index in [0.29, 0.717) is 12.5 Å². The largest absolute Gasteiger partial charge is 0.372 e. The minimum atomic E-state index is 0.556. The first-order valence-corrected chi connectivity index (χ1v) is 7.99. The van der Waals surface area contributed by atoms with Crippen LogP contribution in [0.15, 0.2) is 18.2 Å². The van der Waals surface area contributed by atoms with Crippen LogP contribution in [-0.4, -0.2) is 14.8 Å². The van der Waals surface area contributed by atoms with Gasteiger partial charge < -0.3 is 9.30 Å². The zero-order valence-corrected chi connectivity index (χ0v) is 13.4. The highest BCUT2D eigenvalue weighted by molar-refractivity contribution is 9.08. The highest BCUT2D eigenvalue weighted by atomic mass is 79.9. The van der Waals surface area contributed by atoms with Crippen LogP contribution in [0, 0.1) is 5.92 Å². The molecule has 0 atom stereocenters. The number of nitrogens with zero attached hydrogens (tertiary/aromatic N) is 3. The molecule has 0 amide bonds. The average molecular weight is 336 g/mol. The number of rotatable bonds is 4. The molecule has 1 aromatic carbocycles. The van der Waals surface area contributed by atoms with Gasteiger partial charge in [-0.2, -0.15) is 0 Å². The van der Waals surface area contributed by atoms with Crippen molar-refractivity contribution in [3.05, 3.63) is 35.2 Å². The molecule has 0 spiro atoms. The Hall–Kier alpha value is -1.20. The fourth-order valence-electron chi connectivity index (χ4n) is 2.52. The van der Waals surface area contributed by atoms with Crippen LogP contribution in [0.2, 0.25) is 0 Å². The second-order valence-corrected chi connectivity index (χ2v) is 6.11. The van der Waals surface area contributed by atoms with Gasteiger partial charge in [0.05, 0.1) is 18.5 Å². The van der Waals surface area contributed by atoms with E-state index in [1.54, 1.807) is 0 Å². The van der Waals surface area contributed by atoms with Crippen LogP contribution in [0.3, 0.4) is 0 Å². The lowest BCUT2D eigenvalue weighted by Crippen LogP contribution is -2.09. The number of aromatic nitrogens is 3. The number of hydrogen-bond donors (Lipinski definition) is 0. The number of alkyl halides is 1. The molecule has 1 aliphatic heterocycles. The molecule has 2 heterocycles. The molecule has 1 aromatic heterocycles. The van der Waals surface area contributed by atoms with Gasteiger partial charge in [0, 0.05) is 12.1 Å². The Bertz CT molecular complexity index is 622. The van der Waals surface area contributed by atoms with Gasteiger partial charge in [0.15, 0.2) is 5.82 Å². The molecule has 0 saturated heterocycles. The molecule has 5 heteroatoms. The summed E-state index contributed by atoms with van der Waals surface area (Å²) in [6.07, 6.45) is 0. The summed E-state index contributed by atoms with van der Waals surface area (Å²) in [5, 5.41) is 9.39. The van der Waals surface area contributed by atoms with Crippen molar-refractivity contribution in [1.29, 1.82) is 0 Å². The van der Waals surface area contributed by atoms with Crippen molar-refractivity contribution < 1.29 is 4.74 Å². The van der Waals surface area contributed by atoms with Gasteiger partial charge in [-0.3, -0.25) is 0 Å². The number of fused-ring (bicyclic) bond motifs is 1. The summed E-state index contributed by atoms with van der Waals surface area (Å²) in [4.78, 5) is 0. The predicted octanol–water partition coefficient (Wildman–Crippen LogP) is 3.53. The SMILES string of the molecule is CC(C)Cn1c(CBr)nnc1-c1ccc2c(c1)COC2. The molecule has 0 saturated carbocycles. The number of halogens is 1. The summed E-state index contributed by atoms with van der Waals surface area (Å²) in [6.45, 7) is 6.77. The molecule has 106 valence electrons. The Balaban J connectivity index is 2.03. The van der Waals surface area contributed by atoms with Crippen LogP contribution in [0.25, 0.3) is 11.4 Å². The fraction of sp³-hybridized carbons (Fsp3) is 0.467. The van der Waals surface area contributed by atoms with Crippen LogP contribution in [0.1, 0.15) is 30.8 Å². The van der Waals surface area contributed by atoms with Gasteiger partial charge >= 0.3 is 0 Å². The highest BCUT2D eigenvalue weighted by Gasteiger charge is 2.17. The third-order valence-corrected chi connectivity index (χ3v) is 3.98. The summed E-state index contributed by atoms with van der Waals surface area (Å²) in [5.41, 5.74) is 3.67. The first-order valence-electron chi connectivity index (χ1n) is 6.87. The number of hydrogen-bond acceptors (Lipinski definition) is 3. The van der Waals surface area contributed by atoms with Crippen LogP contribution >= 0.6 is 15.9 Å². The maximum absolute atomic E-state index is 5.48. The maximum Gasteiger partial charge on any atom is 0.164 e. The second-order valence-electron chi connectivity index (χ2n) is 5.55. The number of ether oxygens (including phenoxy) is 1. The van der Waals surface area contributed by atoms with E-state index in [9.17, 15) is 0 Å². The van der Waals surface area contributed by atoms with E-state index in [2.05, 4.69) is 62.7 Å². The molecule has 3 rings (SSSR count). The third kappa shape index (κ3) is 2.52. The molecule has 1 aliphatic rings. The van der Waals surface area contributed by atoms with Crippen molar-refractivity contribution in [1.82, 2.24) is 14.8 Å². The quantitative estimate of drug-likeness (QED) is 0.802. The Morgan fingerprint density at radius 1 is 1.25 bits per heavy atom. The standard InChI is InChI=1S/C15H18BrN3O/c1-10(2)7-19-14(6-16)17-18-15(19)11-3-4-12-8-20-9-13(12)5-11/h3-5,10H,6-9H2,1-2H3. The third-order valence-electron chi connectivity index (χ3n) is 3.47. The van der Waals surface area contributed by atoms with E-state index in [1.165, 1.54) is 11.1 Å². The van der Waals surface area contributed by atoms with Crippen molar-refractivity contribution in [2.24, 2.45) is 5.92 Å². The van der Waals surface area contributed by atoms with Gasteiger partial charge in [-0.1, -0.05) is 41.9 Å². The summed E-state index contributed by atoms with van der Waals surface area (Å²) in [6, 6.07) is 6.44. The first-order chi connectivity index (χ1) is 9.69. The van der Waals surface area contributed by atoms with E-state index < -0.39 is 0 Å². The van der Waals surface area contributed by atoms with Gasteiger partial charge in [0.1, 0.15) is 5.82 Å². The summed E-state index contributed by atoms with van der Waals surface area (Å²) in [7, 11) is 0. The van der Waals surface area contributed by atoms with Crippen molar-refractivity contribution in [2.45, 2.75) is 38.9 Å². The zero-order valence-electron chi connectivity index (χ0n) is 11.8. The first kappa shape index (κ1) is 13.8. The van der Waals surface area contributed by atoms with Gasteiger partial charge in [-0.25, -0.2) is 0 Å². The van der Waals surface area contributed by atoms with E-state index >= 15 is 0 Å². The normalized spacial score (nSPS) is 14.0. The average Bonchev–Trinajstić information content (AvgIpc) is 3.03. The predicted molar refractivity (Wildman–Crippen MR) is 81.4 cm³/mol. The Kier molecular flexibility index (Phi) is 3.89. The van der Waals surface area contributed by atoms with Crippen LogP contribution in [-0.2, 0) is 29.8 Å². The molecule has 0 N–H and O–H groups in total. The van der Waals surface area contributed by atoms with Crippen molar-refractivity contribution in [2.75, 3.05) is 0 Å². The zero-order chi connectivity index (χ0) is 14.1. The second kappa shape index (κ2) is 5.66. The molecule has 0 bridgehead atoms. The van der Waals surface area contributed by atoms with E-state index in [-0.39, 0.29) is 0 Å². The molecule has 0 unspecified atom stereocenters. The van der Waals surface area contributed by atoms with Crippen molar-refractivity contribution in [3.63, 3.8) is 0 Å². The van der Waals surface area contributed by atoms with Gasteiger partial charge in [0.2, 0.25) is 0 Å². The topological polar surface area (TPSA) is 39.9 Å². The minimum absolute atomic E-state index is 0.556. The molecule has 0 aliphatic carbocycles. The molecular weight excluding hydrogens is 318 g/mol. The van der Waals surface area contributed by atoms with Crippen molar-refractivity contribution >= 4 is 15.9 Å². The molecule has 4 nitrogen and oxygen atoms in total. The summed E-state index contributed by atoms with van der Waals surface area (Å²) >= 11 is 3.49. The lowest BCUT2D eigenvalue weighted by Gasteiger charge is -2.12. The van der Waals surface area contributed by atoms with Gasteiger partial charge in [-0.05, 0) is 23.1 Å². The van der Waals surface area contributed by atoms with Crippen LogP contribution < -0.4 is 0 Å². The van der Waals surface area contributed by atoms with E-state index in [1.807, 2.05) is 0 Å². The van der Waals surface area contributed by atoms with Crippen LogP contribution in [0.5, 0.6) is 0 Å². The van der Waals surface area contributed by atoms with E-state index in [0.717, 1.165) is 35.7 Å². The summed E-state index contributed by atoms with van der Waals surface area (Å²) in [5.74, 6) is 2.48. The van der Waals surface area contributed by atoms with E-state index in [4.69, 9.17) is 4.74 Å². The minimum Gasteiger partial charge on any atom is -0.372 e. The molecule has 20 heavy (non-hydrogen) atoms. The Morgan fingerprint density at radius 2 is 2.05 bits per heavy atom. The van der Waals surface area contributed by atoms with Gasteiger partial charge in [-0.15, -0.1) is 10.2 Å². The fourth-order valence-corrected chi connectivity index (χ4v) is 2.93. The maximum atomic E-state index is 5.48. The molecule has 0 radical (unpaired) electrons.